The lowest BCUT2D eigenvalue weighted by molar-refractivity contribution is 0.0840. The number of aryl methyl sites for hydroxylation is 1. The fraction of sp³-hybridized carbons (Fsp3) is 0.308. The van der Waals surface area contributed by atoms with E-state index in [-0.39, 0.29) is 12.5 Å². The van der Waals surface area contributed by atoms with Crippen LogP contribution in [-0.4, -0.2) is 32.6 Å². The molecule has 0 saturated carbocycles. The predicted octanol–water partition coefficient (Wildman–Crippen LogP) is 1.22. The number of amides is 1. The van der Waals surface area contributed by atoms with Gasteiger partial charge in [-0.3, -0.25) is 4.79 Å². The molecule has 0 spiro atoms. The highest BCUT2D eigenvalue weighted by Gasteiger charge is 2.29. The Morgan fingerprint density at radius 3 is 2.85 bits per heavy atom. The highest BCUT2D eigenvalue weighted by atomic mass is 79.9. The van der Waals surface area contributed by atoms with Gasteiger partial charge in [-0.2, -0.15) is 0 Å². The van der Waals surface area contributed by atoms with E-state index < -0.39 is 5.54 Å². The zero-order valence-corrected chi connectivity index (χ0v) is 12.8. The molecule has 1 amide bonds. The molecule has 0 aliphatic carbocycles. The number of aromatic nitrogens is 3. The first-order chi connectivity index (χ1) is 9.46. The molecule has 0 bridgehead atoms. The van der Waals surface area contributed by atoms with E-state index in [0.29, 0.717) is 5.69 Å². The number of aliphatic hydroxyl groups is 1. The first-order valence-electron chi connectivity index (χ1n) is 6.00. The second-order valence-electron chi connectivity index (χ2n) is 4.70. The molecule has 0 aliphatic heterocycles. The van der Waals surface area contributed by atoms with Crippen molar-refractivity contribution in [2.45, 2.75) is 12.5 Å². The van der Waals surface area contributed by atoms with Gasteiger partial charge < -0.3 is 10.4 Å². The number of benzene rings is 1. The Labute approximate surface area is 124 Å². The van der Waals surface area contributed by atoms with Crippen LogP contribution in [0.5, 0.6) is 0 Å². The van der Waals surface area contributed by atoms with Crippen molar-refractivity contribution in [3.8, 4) is 0 Å². The monoisotopic (exact) mass is 338 g/mol. The molecule has 2 rings (SSSR count). The van der Waals surface area contributed by atoms with Crippen LogP contribution in [0.2, 0.25) is 0 Å². The summed E-state index contributed by atoms with van der Waals surface area (Å²) in [7, 11) is 1.64. The van der Waals surface area contributed by atoms with E-state index in [1.165, 1.54) is 10.9 Å². The number of hydrogen-bond donors (Lipinski definition) is 2. The third-order valence-corrected chi connectivity index (χ3v) is 3.61. The van der Waals surface area contributed by atoms with Crippen LogP contribution < -0.4 is 5.32 Å². The first-order valence-corrected chi connectivity index (χ1v) is 6.79. The van der Waals surface area contributed by atoms with E-state index in [9.17, 15) is 9.90 Å². The van der Waals surface area contributed by atoms with Crippen LogP contribution in [-0.2, 0) is 12.6 Å². The maximum Gasteiger partial charge on any atom is 0.271 e. The van der Waals surface area contributed by atoms with Crippen LogP contribution in [0.1, 0.15) is 23.0 Å². The molecule has 0 aliphatic rings. The molecule has 2 aromatic rings. The third kappa shape index (κ3) is 2.88. The summed E-state index contributed by atoms with van der Waals surface area (Å²) in [6, 6.07) is 7.44. The third-order valence-electron chi connectivity index (χ3n) is 3.11. The fourth-order valence-corrected chi connectivity index (χ4v) is 2.24. The topological polar surface area (TPSA) is 80.0 Å². The molecule has 7 heteroatoms. The molecule has 0 fully saturated rings. The Bertz CT molecular complexity index is 628. The van der Waals surface area contributed by atoms with Crippen molar-refractivity contribution < 1.29 is 9.90 Å². The minimum Gasteiger partial charge on any atom is -0.394 e. The average Bonchev–Trinajstić information content (AvgIpc) is 2.85. The molecule has 2 N–H and O–H groups in total. The molecular weight excluding hydrogens is 324 g/mol. The second-order valence-corrected chi connectivity index (χ2v) is 5.61. The van der Waals surface area contributed by atoms with E-state index in [2.05, 4.69) is 31.6 Å². The van der Waals surface area contributed by atoms with Gasteiger partial charge in [0.05, 0.1) is 18.3 Å². The van der Waals surface area contributed by atoms with E-state index in [1.807, 2.05) is 24.3 Å². The molecule has 1 unspecified atom stereocenters. The van der Waals surface area contributed by atoms with Crippen LogP contribution in [0, 0.1) is 0 Å². The Hall–Kier alpha value is -1.73. The zero-order chi connectivity index (χ0) is 14.8. The number of rotatable bonds is 4. The molecule has 1 aromatic heterocycles. The summed E-state index contributed by atoms with van der Waals surface area (Å²) < 4.78 is 2.26. The Morgan fingerprint density at radius 2 is 2.30 bits per heavy atom. The lowest BCUT2D eigenvalue weighted by atomic mass is 9.93. The quantitative estimate of drug-likeness (QED) is 0.878. The Balaban J connectivity index is 2.28. The summed E-state index contributed by atoms with van der Waals surface area (Å²) in [4.78, 5) is 12.2. The van der Waals surface area contributed by atoms with Gasteiger partial charge in [0.1, 0.15) is 5.69 Å². The number of aliphatic hydroxyl groups excluding tert-OH is 1. The van der Waals surface area contributed by atoms with Crippen molar-refractivity contribution in [3.63, 3.8) is 0 Å². The van der Waals surface area contributed by atoms with Crippen LogP contribution >= 0.6 is 15.9 Å². The smallest absolute Gasteiger partial charge is 0.271 e. The number of nitrogens with one attached hydrogen (secondary N) is 1. The number of nitrogens with zero attached hydrogens (tertiary/aromatic N) is 3. The average molecular weight is 339 g/mol. The molecule has 0 saturated heterocycles. The predicted molar refractivity (Wildman–Crippen MR) is 77.0 cm³/mol. The Morgan fingerprint density at radius 1 is 1.55 bits per heavy atom. The zero-order valence-electron chi connectivity index (χ0n) is 11.2. The standard InChI is InChI=1S/C13H15BrN4O2/c1-13(8-19,9-4-3-5-10(14)6-9)16-12(20)11-7-15-17-18(11)2/h3-7,19H,8H2,1-2H3,(H,16,20). The summed E-state index contributed by atoms with van der Waals surface area (Å²) in [5.41, 5.74) is 0.253. The molecule has 6 nitrogen and oxygen atoms in total. The molecule has 0 radical (unpaired) electrons. The van der Waals surface area contributed by atoms with Crippen molar-refractivity contribution in [2.24, 2.45) is 7.05 Å². The van der Waals surface area contributed by atoms with E-state index in [1.54, 1.807) is 14.0 Å². The van der Waals surface area contributed by atoms with E-state index >= 15 is 0 Å². The van der Waals surface area contributed by atoms with Crippen LogP contribution in [0.4, 0.5) is 0 Å². The SMILES string of the molecule is Cn1nncc1C(=O)NC(C)(CO)c1cccc(Br)c1. The summed E-state index contributed by atoms with van der Waals surface area (Å²) in [5, 5.41) is 19.9. The van der Waals surface area contributed by atoms with E-state index in [0.717, 1.165) is 10.0 Å². The van der Waals surface area contributed by atoms with Gasteiger partial charge in [0.25, 0.3) is 5.91 Å². The van der Waals surface area contributed by atoms with Crippen molar-refractivity contribution in [3.05, 3.63) is 46.2 Å². The van der Waals surface area contributed by atoms with Gasteiger partial charge >= 0.3 is 0 Å². The first kappa shape index (κ1) is 14.7. The number of carbonyl (C=O) groups is 1. The van der Waals surface area contributed by atoms with Crippen molar-refractivity contribution in [1.29, 1.82) is 0 Å². The second kappa shape index (κ2) is 5.72. The van der Waals surface area contributed by atoms with Crippen LogP contribution in [0.25, 0.3) is 0 Å². The highest BCUT2D eigenvalue weighted by Crippen LogP contribution is 2.23. The maximum absolute atomic E-state index is 12.2. The fourth-order valence-electron chi connectivity index (χ4n) is 1.84. The normalized spacial score (nSPS) is 13.8. The van der Waals surface area contributed by atoms with Gasteiger partial charge in [0.2, 0.25) is 0 Å². The molecule has 20 heavy (non-hydrogen) atoms. The van der Waals surface area contributed by atoms with Crippen LogP contribution in [0.3, 0.4) is 0 Å². The van der Waals surface area contributed by atoms with Crippen molar-refractivity contribution in [1.82, 2.24) is 20.3 Å². The highest BCUT2D eigenvalue weighted by molar-refractivity contribution is 9.10. The van der Waals surface area contributed by atoms with Gasteiger partial charge in [-0.05, 0) is 24.6 Å². The largest absolute Gasteiger partial charge is 0.394 e. The lowest BCUT2D eigenvalue weighted by Crippen LogP contribution is -2.46. The van der Waals surface area contributed by atoms with Gasteiger partial charge in [-0.15, -0.1) is 5.10 Å². The van der Waals surface area contributed by atoms with Gasteiger partial charge in [0, 0.05) is 11.5 Å². The van der Waals surface area contributed by atoms with Gasteiger partial charge in [-0.25, -0.2) is 4.68 Å². The minimum absolute atomic E-state index is 0.222. The molecular formula is C13H15BrN4O2. The number of hydrogen-bond acceptors (Lipinski definition) is 4. The van der Waals surface area contributed by atoms with Gasteiger partial charge in [-0.1, -0.05) is 33.3 Å². The summed E-state index contributed by atoms with van der Waals surface area (Å²) in [5.74, 6) is -0.339. The summed E-state index contributed by atoms with van der Waals surface area (Å²) in [6.45, 7) is 1.54. The number of carbonyl (C=O) groups excluding carboxylic acids is 1. The Kier molecular flexibility index (Phi) is 4.20. The molecule has 1 aromatic carbocycles. The molecule has 1 heterocycles. The molecule has 1 atom stereocenters. The summed E-state index contributed by atoms with van der Waals surface area (Å²) >= 11 is 3.38. The van der Waals surface area contributed by atoms with E-state index in [4.69, 9.17) is 0 Å². The van der Waals surface area contributed by atoms with Crippen LogP contribution in [0.15, 0.2) is 34.9 Å². The van der Waals surface area contributed by atoms with Gasteiger partial charge in [0.15, 0.2) is 0 Å². The maximum atomic E-state index is 12.2. The number of halogens is 1. The molecule has 106 valence electrons. The minimum atomic E-state index is -0.884. The lowest BCUT2D eigenvalue weighted by Gasteiger charge is -2.29. The van der Waals surface area contributed by atoms with Crippen molar-refractivity contribution in [2.75, 3.05) is 6.61 Å². The summed E-state index contributed by atoms with van der Waals surface area (Å²) in [6.07, 6.45) is 1.38. The van der Waals surface area contributed by atoms with Crippen molar-refractivity contribution >= 4 is 21.8 Å².